The molecule has 0 saturated heterocycles. The Kier molecular flexibility index (Phi) is 3.35. The van der Waals surface area contributed by atoms with Gasteiger partial charge in [-0.3, -0.25) is 0 Å². The van der Waals surface area contributed by atoms with Crippen LogP contribution in [0.2, 0.25) is 0 Å². The molecular weight excluding hydrogens is 310 g/mol. The summed E-state index contributed by atoms with van der Waals surface area (Å²) in [6, 6.07) is 1.92. The second-order valence-electron chi connectivity index (χ2n) is 5.13. The van der Waals surface area contributed by atoms with Crippen molar-refractivity contribution in [2.75, 3.05) is 26.9 Å². The van der Waals surface area contributed by atoms with Gasteiger partial charge in [0.05, 0.1) is 11.6 Å². The van der Waals surface area contributed by atoms with E-state index in [0.717, 1.165) is 40.1 Å². The standard InChI is InChI=1S/C14H18BrNO3/c1-17-12-9(15)7-10-13(19-6-5-18-10)11(12)14(8-16)3-2-4-14/h7H,2-6,8,16H2,1H3. The molecule has 0 atom stereocenters. The minimum absolute atomic E-state index is 0.0279. The maximum absolute atomic E-state index is 6.04. The van der Waals surface area contributed by atoms with Crippen LogP contribution in [0.5, 0.6) is 17.2 Å². The maximum Gasteiger partial charge on any atom is 0.168 e. The molecule has 2 N–H and O–H groups in total. The molecule has 0 amide bonds. The van der Waals surface area contributed by atoms with Crippen LogP contribution in [0.4, 0.5) is 0 Å². The SMILES string of the molecule is COc1c(Br)cc2c(c1C1(CN)CCC1)OCCO2. The molecule has 1 heterocycles. The molecule has 1 aromatic carbocycles. The van der Waals surface area contributed by atoms with E-state index >= 15 is 0 Å². The van der Waals surface area contributed by atoms with Crippen molar-refractivity contribution in [2.45, 2.75) is 24.7 Å². The fourth-order valence-electron chi connectivity index (χ4n) is 2.98. The average molecular weight is 328 g/mol. The third-order valence-electron chi connectivity index (χ3n) is 4.18. The van der Waals surface area contributed by atoms with Crippen molar-refractivity contribution < 1.29 is 14.2 Å². The zero-order chi connectivity index (χ0) is 13.5. The molecule has 5 heteroatoms. The number of nitrogens with two attached hydrogens (primary N) is 1. The number of hydrogen-bond donors (Lipinski definition) is 1. The quantitative estimate of drug-likeness (QED) is 0.927. The van der Waals surface area contributed by atoms with Crippen LogP contribution in [0.15, 0.2) is 10.5 Å². The van der Waals surface area contributed by atoms with Crippen LogP contribution in [0.1, 0.15) is 24.8 Å². The van der Waals surface area contributed by atoms with Gasteiger partial charge in [-0.15, -0.1) is 0 Å². The Morgan fingerprint density at radius 3 is 2.68 bits per heavy atom. The van der Waals surface area contributed by atoms with Gasteiger partial charge < -0.3 is 19.9 Å². The van der Waals surface area contributed by atoms with Crippen molar-refractivity contribution in [2.24, 2.45) is 5.73 Å². The molecule has 19 heavy (non-hydrogen) atoms. The molecule has 1 aliphatic heterocycles. The van der Waals surface area contributed by atoms with E-state index in [1.54, 1.807) is 7.11 Å². The van der Waals surface area contributed by atoms with Crippen LogP contribution in [0, 0.1) is 0 Å². The van der Waals surface area contributed by atoms with E-state index in [9.17, 15) is 0 Å². The lowest BCUT2D eigenvalue weighted by atomic mass is 9.64. The second kappa shape index (κ2) is 4.87. The van der Waals surface area contributed by atoms with E-state index in [4.69, 9.17) is 19.9 Å². The molecule has 0 bridgehead atoms. The largest absolute Gasteiger partial charge is 0.495 e. The van der Waals surface area contributed by atoms with Gasteiger partial charge in [-0.25, -0.2) is 0 Å². The van der Waals surface area contributed by atoms with Gasteiger partial charge in [0.25, 0.3) is 0 Å². The fraction of sp³-hybridized carbons (Fsp3) is 0.571. The maximum atomic E-state index is 6.04. The van der Waals surface area contributed by atoms with Crippen LogP contribution in [-0.2, 0) is 5.41 Å². The predicted octanol–water partition coefficient (Wildman–Crippen LogP) is 2.61. The van der Waals surface area contributed by atoms with E-state index in [1.165, 1.54) is 6.42 Å². The Morgan fingerprint density at radius 2 is 2.11 bits per heavy atom. The lowest BCUT2D eigenvalue weighted by molar-refractivity contribution is 0.157. The van der Waals surface area contributed by atoms with E-state index < -0.39 is 0 Å². The van der Waals surface area contributed by atoms with Gasteiger partial charge in [-0.05, 0) is 28.8 Å². The smallest absolute Gasteiger partial charge is 0.168 e. The molecule has 0 spiro atoms. The van der Waals surface area contributed by atoms with E-state index in [2.05, 4.69) is 15.9 Å². The highest BCUT2D eigenvalue weighted by Gasteiger charge is 2.44. The van der Waals surface area contributed by atoms with E-state index in [-0.39, 0.29) is 5.41 Å². The second-order valence-corrected chi connectivity index (χ2v) is 5.98. The predicted molar refractivity (Wildman–Crippen MR) is 76.3 cm³/mol. The molecule has 1 aliphatic carbocycles. The number of ether oxygens (including phenoxy) is 3. The first-order valence-electron chi connectivity index (χ1n) is 6.58. The molecule has 1 fully saturated rings. The van der Waals surface area contributed by atoms with Crippen molar-refractivity contribution >= 4 is 15.9 Å². The molecular formula is C14H18BrNO3. The van der Waals surface area contributed by atoms with Crippen molar-refractivity contribution in [1.82, 2.24) is 0 Å². The number of rotatable bonds is 3. The lowest BCUT2D eigenvalue weighted by Gasteiger charge is -2.43. The summed E-state index contributed by atoms with van der Waals surface area (Å²) in [6.07, 6.45) is 3.35. The average Bonchev–Trinajstić information content (AvgIpc) is 2.38. The highest BCUT2D eigenvalue weighted by molar-refractivity contribution is 9.10. The zero-order valence-electron chi connectivity index (χ0n) is 11.0. The Balaban J connectivity index is 2.22. The molecule has 4 nitrogen and oxygen atoms in total. The van der Waals surface area contributed by atoms with Crippen molar-refractivity contribution in [3.63, 3.8) is 0 Å². The number of hydrogen-bond acceptors (Lipinski definition) is 4. The van der Waals surface area contributed by atoms with Gasteiger partial charge >= 0.3 is 0 Å². The number of methoxy groups -OCH3 is 1. The summed E-state index contributed by atoms with van der Waals surface area (Å²) in [5, 5.41) is 0. The van der Waals surface area contributed by atoms with Gasteiger partial charge in [0.15, 0.2) is 11.5 Å². The highest BCUT2D eigenvalue weighted by atomic mass is 79.9. The van der Waals surface area contributed by atoms with E-state index in [1.807, 2.05) is 6.07 Å². The first kappa shape index (κ1) is 13.1. The minimum Gasteiger partial charge on any atom is -0.495 e. The molecule has 1 saturated carbocycles. The first-order chi connectivity index (χ1) is 9.22. The third kappa shape index (κ3) is 1.91. The Bertz CT molecular complexity index is 494. The van der Waals surface area contributed by atoms with Crippen LogP contribution in [0.25, 0.3) is 0 Å². The Labute approximate surface area is 121 Å². The monoisotopic (exact) mass is 327 g/mol. The molecule has 0 radical (unpaired) electrons. The summed E-state index contributed by atoms with van der Waals surface area (Å²) in [4.78, 5) is 0. The van der Waals surface area contributed by atoms with E-state index in [0.29, 0.717) is 19.8 Å². The molecule has 0 aromatic heterocycles. The highest BCUT2D eigenvalue weighted by Crippen LogP contribution is 2.55. The molecule has 3 rings (SSSR count). The summed E-state index contributed by atoms with van der Waals surface area (Å²) in [6.45, 7) is 1.77. The number of benzene rings is 1. The molecule has 0 unspecified atom stereocenters. The molecule has 1 aromatic rings. The summed E-state index contributed by atoms with van der Waals surface area (Å²) < 4.78 is 18.0. The van der Waals surface area contributed by atoms with Crippen LogP contribution >= 0.6 is 15.9 Å². The fourth-order valence-corrected chi connectivity index (χ4v) is 3.55. The normalized spacial score (nSPS) is 19.7. The number of halogens is 1. The zero-order valence-corrected chi connectivity index (χ0v) is 12.6. The van der Waals surface area contributed by atoms with Crippen molar-refractivity contribution in [3.05, 3.63) is 16.1 Å². The van der Waals surface area contributed by atoms with Crippen molar-refractivity contribution in [3.8, 4) is 17.2 Å². The Hall–Kier alpha value is -0.940. The van der Waals surface area contributed by atoms with Crippen molar-refractivity contribution in [1.29, 1.82) is 0 Å². The number of fused-ring (bicyclic) bond motifs is 1. The lowest BCUT2D eigenvalue weighted by Crippen LogP contribution is -2.42. The summed E-state index contributed by atoms with van der Waals surface area (Å²) in [5.74, 6) is 2.43. The third-order valence-corrected chi connectivity index (χ3v) is 4.76. The summed E-state index contributed by atoms with van der Waals surface area (Å²) in [5.41, 5.74) is 7.09. The van der Waals surface area contributed by atoms with Gasteiger partial charge in [0, 0.05) is 23.6 Å². The first-order valence-corrected chi connectivity index (χ1v) is 7.38. The van der Waals surface area contributed by atoms with Crippen LogP contribution in [-0.4, -0.2) is 26.9 Å². The minimum atomic E-state index is -0.0279. The Morgan fingerprint density at radius 1 is 1.37 bits per heavy atom. The van der Waals surface area contributed by atoms with Crippen LogP contribution < -0.4 is 19.9 Å². The summed E-state index contributed by atoms with van der Waals surface area (Å²) >= 11 is 3.56. The summed E-state index contributed by atoms with van der Waals surface area (Å²) in [7, 11) is 1.68. The van der Waals surface area contributed by atoms with Gasteiger partial charge in [0.1, 0.15) is 19.0 Å². The van der Waals surface area contributed by atoms with Gasteiger partial charge in [-0.2, -0.15) is 0 Å². The van der Waals surface area contributed by atoms with Crippen LogP contribution in [0.3, 0.4) is 0 Å². The molecule has 2 aliphatic rings. The van der Waals surface area contributed by atoms with Gasteiger partial charge in [-0.1, -0.05) is 6.42 Å². The molecule has 104 valence electrons. The van der Waals surface area contributed by atoms with Gasteiger partial charge in [0.2, 0.25) is 0 Å². The topological polar surface area (TPSA) is 53.7 Å².